The topological polar surface area (TPSA) is 98.1 Å². The molecule has 2 fully saturated rings. The van der Waals surface area contributed by atoms with Crippen molar-refractivity contribution in [3.05, 3.63) is 48.0 Å². The zero-order valence-electron chi connectivity index (χ0n) is 18.8. The minimum atomic E-state index is -0.494. The fourth-order valence-corrected chi connectivity index (χ4v) is 4.41. The average molecular weight is 448 g/mol. The first-order chi connectivity index (χ1) is 16.1. The van der Waals surface area contributed by atoms with Crippen molar-refractivity contribution in [2.75, 3.05) is 17.7 Å². The SMILES string of the molecule is COC(=O)c1c(NC(=O)C2CCC2)c2cc(NC3CCC3)cnc2n1CCc1ccccn1. The third-order valence-electron chi connectivity index (χ3n) is 6.79. The van der Waals surface area contributed by atoms with E-state index in [0.717, 1.165) is 48.9 Å². The molecule has 2 N–H and O–H groups in total. The fraction of sp³-hybridized carbons (Fsp3) is 0.440. The number of methoxy groups -OCH3 is 1. The molecule has 8 heteroatoms. The van der Waals surface area contributed by atoms with Crippen LogP contribution in [-0.2, 0) is 22.5 Å². The van der Waals surface area contributed by atoms with Crippen LogP contribution >= 0.6 is 0 Å². The molecule has 0 aromatic carbocycles. The van der Waals surface area contributed by atoms with Crippen molar-refractivity contribution in [3.63, 3.8) is 0 Å². The summed E-state index contributed by atoms with van der Waals surface area (Å²) in [7, 11) is 1.36. The Balaban J connectivity index is 1.57. The molecule has 1 amide bonds. The molecule has 0 atom stereocenters. The van der Waals surface area contributed by atoms with E-state index in [2.05, 4.69) is 15.6 Å². The quantitative estimate of drug-likeness (QED) is 0.503. The van der Waals surface area contributed by atoms with E-state index in [1.165, 1.54) is 13.5 Å². The van der Waals surface area contributed by atoms with Crippen LogP contribution in [0.25, 0.3) is 11.0 Å². The largest absolute Gasteiger partial charge is 0.464 e. The number of carbonyl (C=O) groups excluding carboxylic acids is 2. The summed E-state index contributed by atoms with van der Waals surface area (Å²) in [6.45, 7) is 0.486. The Hall–Kier alpha value is -3.42. The summed E-state index contributed by atoms with van der Waals surface area (Å²) in [5, 5.41) is 7.31. The van der Waals surface area contributed by atoms with Crippen LogP contribution in [0.4, 0.5) is 11.4 Å². The highest BCUT2D eigenvalue weighted by Crippen LogP contribution is 2.35. The van der Waals surface area contributed by atoms with Gasteiger partial charge in [0.1, 0.15) is 5.65 Å². The maximum atomic E-state index is 12.9. The standard InChI is InChI=1S/C25H29N5O3/c1-33-25(32)22-21(29-24(31)16-6-4-7-16)20-14-19(28-18-9-5-10-18)15-27-23(20)30(22)13-11-17-8-2-3-12-26-17/h2-3,8,12,14-16,18,28H,4-7,9-11,13H2,1H3,(H,29,31). The Morgan fingerprint density at radius 1 is 1.15 bits per heavy atom. The summed E-state index contributed by atoms with van der Waals surface area (Å²) in [6.07, 6.45) is 10.5. The van der Waals surface area contributed by atoms with Crippen LogP contribution in [0.5, 0.6) is 0 Å². The molecule has 33 heavy (non-hydrogen) atoms. The lowest BCUT2D eigenvalue weighted by molar-refractivity contribution is -0.122. The number of nitrogens with one attached hydrogen (secondary N) is 2. The van der Waals surface area contributed by atoms with Crippen molar-refractivity contribution in [2.45, 2.75) is 57.5 Å². The summed E-state index contributed by atoms with van der Waals surface area (Å²) < 4.78 is 6.98. The van der Waals surface area contributed by atoms with Crippen LogP contribution in [0.3, 0.4) is 0 Å². The molecule has 3 aromatic rings. The fourth-order valence-electron chi connectivity index (χ4n) is 4.41. The predicted molar refractivity (Wildman–Crippen MR) is 126 cm³/mol. The first-order valence-electron chi connectivity index (χ1n) is 11.7. The molecular weight excluding hydrogens is 418 g/mol. The van der Waals surface area contributed by atoms with Crippen LogP contribution in [0, 0.1) is 5.92 Å². The molecule has 5 rings (SSSR count). The van der Waals surface area contributed by atoms with Gasteiger partial charge in [0.2, 0.25) is 5.91 Å². The maximum absolute atomic E-state index is 12.9. The molecule has 0 aliphatic heterocycles. The highest BCUT2D eigenvalue weighted by molar-refractivity contribution is 6.11. The summed E-state index contributed by atoms with van der Waals surface area (Å²) >= 11 is 0. The van der Waals surface area contributed by atoms with Crippen molar-refractivity contribution in [2.24, 2.45) is 5.92 Å². The zero-order chi connectivity index (χ0) is 22.8. The second-order valence-electron chi connectivity index (χ2n) is 8.92. The lowest BCUT2D eigenvalue weighted by Gasteiger charge is -2.27. The van der Waals surface area contributed by atoms with Crippen LogP contribution in [0.2, 0.25) is 0 Å². The number of anilines is 2. The van der Waals surface area contributed by atoms with Gasteiger partial charge in [-0.1, -0.05) is 12.5 Å². The van der Waals surface area contributed by atoms with Crippen molar-refractivity contribution >= 4 is 34.3 Å². The number of rotatable bonds is 8. The van der Waals surface area contributed by atoms with Gasteiger partial charge < -0.3 is 19.9 Å². The smallest absolute Gasteiger partial charge is 0.356 e. The molecule has 2 aliphatic rings. The molecule has 0 unspecified atom stereocenters. The number of fused-ring (bicyclic) bond motifs is 1. The Labute approximate surface area is 192 Å². The molecule has 172 valence electrons. The lowest BCUT2D eigenvalue weighted by atomic mass is 9.85. The molecule has 3 aromatic heterocycles. The Morgan fingerprint density at radius 3 is 2.61 bits per heavy atom. The number of aromatic nitrogens is 3. The molecule has 3 heterocycles. The molecular formula is C25H29N5O3. The van der Waals surface area contributed by atoms with Crippen molar-refractivity contribution in [1.82, 2.24) is 14.5 Å². The normalized spacial score (nSPS) is 16.2. The number of carbonyl (C=O) groups is 2. The summed E-state index contributed by atoms with van der Waals surface area (Å²) in [6, 6.07) is 8.21. The van der Waals surface area contributed by atoms with E-state index in [0.29, 0.717) is 36.0 Å². The van der Waals surface area contributed by atoms with Gasteiger partial charge in [-0.25, -0.2) is 9.78 Å². The van der Waals surface area contributed by atoms with Crippen LogP contribution in [0.1, 0.15) is 54.7 Å². The van der Waals surface area contributed by atoms with E-state index in [4.69, 9.17) is 9.72 Å². The van der Waals surface area contributed by atoms with E-state index in [1.54, 1.807) is 12.4 Å². The van der Waals surface area contributed by atoms with Crippen LogP contribution < -0.4 is 10.6 Å². The van der Waals surface area contributed by atoms with Gasteiger partial charge in [-0.15, -0.1) is 0 Å². The van der Waals surface area contributed by atoms with Gasteiger partial charge in [-0.3, -0.25) is 9.78 Å². The van der Waals surface area contributed by atoms with Crippen LogP contribution in [0.15, 0.2) is 36.7 Å². The van der Waals surface area contributed by atoms with Gasteiger partial charge >= 0.3 is 5.97 Å². The first kappa shape index (κ1) is 21.4. The number of pyridine rings is 2. The highest BCUT2D eigenvalue weighted by atomic mass is 16.5. The highest BCUT2D eigenvalue weighted by Gasteiger charge is 2.30. The molecule has 0 radical (unpaired) electrons. The minimum Gasteiger partial charge on any atom is -0.464 e. The molecule has 2 aliphatic carbocycles. The van der Waals surface area contributed by atoms with E-state index >= 15 is 0 Å². The van der Waals surface area contributed by atoms with E-state index < -0.39 is 5.97 Å². The second kappa shape index (κ2) is 9.21. The zero-order valence-corrected chi connectivity index (χ0v) is 18.8. The minimum absolute atomic E-state index is 0.00772. The van der Waals surface area contributed by atoms with Gasteiger partial charge in [-0.05, 0) is 50.3 Å². The predicted octanol–water partition coefficient (Wildman–Crippen LogP) is 4.16. The molecule has 0 spiro atoms. The van der Waals surface area contributed by atoms with Crippen molar-refractivity contribution in [3.8, 4) is 0 Å². The van der Waals surface area contributed by atoms with Crippen molar-refractivity contribution < 1.29 is 14.3 Å². The summed E-state index contributed by atoms with van der Waals surface area (Å²) in [5.41, 5.74) is 3.27. The van der Waals surface area contributed by atoms with Gasteiger partial charge in [0.25, 0.3) is 0 Å². The van der Waals surface area contributed by atoms with E-state index in [-0.39, 0.29) is 11.8 Å². The molecule has 0 bridgehead atoms. The Morgan fingerprint density at radius 2 is 1.97 bits per heavy atom. The van der Waals surface area contributed by atoms with Crippen molar-refractivity contribution in [1.29, 1.82) is 0 Å². The summed E-state index contributed by atoms with van der Waals surface area (Å²) in [5.74, 6) is -0.550. The summed E-state index contributed by atoms with van der Waals surface area (Å²) in [4.78, 5) is 34.9. The number of hydrogen-bond acceptors (Lipinski definition) is 6. The van der Waals surface area contributed by atoms with Gasteiger partial charge in [0.05, 0.1) is 24.7 Å². The number of hydrogen-bond donors (Lipinski definition) is 2. The number of esters is 1. The third-order valence-corrected chi connectivity index (χ3v) is 6.79. The lowest BCUT2D eigenvalue weighted by Crippen LogP contribution is -2.29. The molecule has 2 saturated carbocycles. The van der Waals surface area contributed by atoms with E-state index in [9.17, 15) is 9.59 Å². The number of nitrogens with zero attached hydrogens (tertiary/aromatic N) is 3. The maximum Gasteiger partial charge on any atom is 0.356 e. The monoisotopic (exact) mass is 447 g/mol. The van der Waals surface area contributed by atoms with Gasteiger partial charge in [0, 0.05) is 42.2 Å². The molecule has 0 saturated heterocycles. The van der Waals surface area contributed by atoms with E-state index in [1.807, 2.05) is 28.8 Å². The second-order valence-corrected chi connectivity index (χ2v) is 8.92. The number of ether oxygens (including phenoxy) is 1. The first-order valence-corrected chi connectivity index (χ1v) is 11.7. The van der Waals surface area contributed by atoms with Crippen LogP contribution in [-0.4, -0.2) is 39.6 Å². The average Bonchev–Trinajstić information content (AvgIpc) is 3.06. The number of amides is 1. The Bertz CT molecular complexity index is 1170. The number of aryl methyl sites for hydroxylation is 2. The molecule has 8 nitrogen and oxygen atoms in total. The van der Waals surface area contributed by atoms with Gasteiger partial charge in [-0.2, -0.15) is 0 Å². The Kier molecular flexibility index (Phi) is 5.98. The van der Waals surface area contributed by atoms with Gasteiger partial charge in [0.15, 0.2) is 5.69 Å². The third kappa shape index (κ3) is 4.29.